The molecule has 3 aromatic rings. The van der Waals surface area contributed by atoms with Crippen molar-refractivity contribution in [3.8, 4) is 0 Å². The molecule has 2 aromatic carbocycles. The van der Waals surface area contributed by atoms with Crippen molar-refractivity contribution in [2.45, 2.75) is 33.2 Å². The van der Waals surface area contributed by atoms with Gasteiger partial charge >= 0.3 is 0 Å². The minimum Gasteiger partial charge on any atom is -0.329 e. The summed E-state index contributed by atoms with van der Waals surface area (Å²) in [5, 5.41) is 1.28. The Kier molecular flexibility index (Phi) is 6.84. The Morgan fingerprint density at radius 2 is 1.80 bits per heavy atom. The van der Waals surface area contributed by atoms with Crippen LogP contribution in [0.25, 0.3) is 10.9 Å². The van der Waals surface area contributed by atoms with Gasteiger partial charge < -0.3 is 4.90 Å². The molecule has 7 heteroatoms. The predicted octanol–water partition coefficient (Wildman–Crippen LogP) is 5.49. The number of nitrogens with zero attached hydrogens (tertiary/aromatic N) is 3. The molecule has 1 unspecified atom stereocenters. The summed E-state index contributed by atoms with van der Waals surface area (Å²) in [7, 11) is 1.69. The third-order valence-corrected chi connectivity index (χ3v) is 5.97. The zero-order valence-corrected chi connectivity index (χ0v) is 19.0. The quantitative estimate of drug-likeness (QED) is 0.503. The second kappa shape index (κ2) is 9.19. The molecule has 0 spiro atoms. The van der Waals surface area contributed by atoms with E-state index >= 15 is 0 Å². The first-order valence-electron chi connectivity index (χ1n) is 9.92. The normalized spacial score (nSPS) is 12.4. The van der Waals surface area contributed by atoms with Gasteiger partial charge in [-0.3, -0.25) is 14.2 Å². The molecule has 0 bridgehead atoms. The fraction of sp³-hybridized carbons (Fsp3) is 0.348. The van der Waals surface area contributed by atoms with E-state index in [9.17, 15) is 9.59 Å². The molecule has 0 N–H and O–H groups in total. The maximum atomic E-state index is 13.4. The Hall–Kier alpha value is -2.37. The van der Waals surface area contributed by atoms with Crippen LogP contribution >= 0.6 is 23.2 Å². The monoisotopic (exact) mass is 445 g/mol. The van der Waals surface area contributed by atoms with E-state index in [0.29, 0.717) is 44.8 Å². The maximum Gasteiger partial charge on any atom is 0.261 e. The highest BCUT2D eigenvalue weighted by Gasteiger charge is 2.26. The number of carbonyl (C=O) groups excluding carboxylic acids is 1. The van der Waals surface area contributed by atoms with Crippen LogP contribution in [0.3, 0.4) is 0 Å². The van der Waals surface area contributed by atoms with Gasteiger partial charge in [-0.1, -0.05) is 49.2 Å². The third kappa shape index (κ3) is 4.52. The van der Waals surface area contributed by atoms with Crippen molar-refractivity contribution in [1.29, 1.82) is 0 Å². The van der Waals surface area contributed by atoms with E-state index in [-0.39, 0.29) is 11.5 Å². The van der Waals surface area contributed by atoms with Gasteiger partial charge in [0.1, 0.15) is 5.82 Å². The molecule has 0 saturated carbocycles. The number of para-hydroxylation sites is 1. The lowest BCUT2D eigenvalue weighted by atomic mass is 10.1. The minimum absolute atomic E-state index is 0.131. The number of halogens is 2. The van der Waals surface area contributed by atoms with Crippen molar-refractivity contribution in [1.82, 2.24) is 14.5 Å². The van der Waals surface area contributed by atoms with Crippen molar-refractivity contribution in [3.05, 3.63) is 74.3 Å². The molecule has 5 nitrogen and oxygen atoms in total. The van der Waals surface area contributed by atoms with Gasteiger partial charge in [-0.15, -0.1) is 0 Å². The fourth-order valence-corrected chi connectivity index (χ4v) is 3.71. The van der Waals surface area contributed by atoms with Crippen molar-refractivity contribution in [2.75, 3.05) is 6.54 Å². The van der Waals surface area contributed by atoms with E-state index in [2.05, 4.69) is 13.8 Å². The van der Waals surface area contributed by atoms with Crippen LogP contribution < -0.4 is 5.56 Å². The van der Waals surface area contributed by atoms with E-state index in [1.807, 2.05) is 25.1 Å². The summed E-state index contributed by atoms with van der Waals surface area (Å²) in [5.74, 6) is 0.773. The predicted molar refractivity (Wildman–Crippen MR) is 122 cm³/mol. The molecule has 0 aliphatic heterocycles. The van der Waals surface area contributed by atoms with Gasteiger partial charge in [-0.2, -0.15) is 0 Å². The first kappa shape index (κ1) is 22.3. The number of hydrogen-bond acceptors (Lipinski definition) is 3. The number of benzene rings is 2. The smallest absolute Gasteiger partial charge is 0.261 e. The molecule has 0 saturated heterocycles. The Balaban J connectivity index is 2.06. The summed E-state index contributed by atoms with van der Waals surface area (Å²) in [6.45, 7) is 6.64. The molecule has 1 heterocycles. The van der Waals surface area contributed by atoms with Gasteiger partial charge in [0.2, 0.25) is 0 Å². The number of carbonyl (C=O) groups is 1. The van der Waals surface area contributed by atoms with Crippen LogP contribution in [0, 0.1) is 5.92 Å². The highest BCUT2D eigenvalue weighted by molar-refractivity contribution is 6.42. The molecule has 0 aliphatic rings. The van der Waals surface area contributed by atoms with Gasteiger partial charge in [0.25, 0.3) is 11.5 Å². The van der Waals surface area contributed by atoms with Gasteiger partial charge in [-0.05, 0) is 49.6 Å². The highest BCUT2D eigenvalue weighted by atomic mass is 35.5. The van der Waals surface area contributed by atoms with Crippen molar-refractivity contribution in [2.24, 2.45) is 13.0 Å². The molecule has 30 heavy (non-hydrogen) atoms. The summed E-state index contributed by atoms with van der Waals surface area (Å²) in [6, 6.07) is 11.7. The van der Waals surface area contributed by atoms with Crippen molar-refractivity contribution in [3.63, 3.8) is 0 Å². The number of aromatic nitrogens is 2. The molecule has 0 aliphatic carbocycles. The number of hydrogen-bond donors (Lipinski definition) is 0. The highest BCUT2D eigenvalue weighted by Crippen LogP contribution is 2.27. The second-order valence-electron chi connectivity index (χ2n) is 7.84. The lowest BCUT2D eigenvalue weighted by Crippen LogP contribution is -2.38. The third-order valence-electron chi connectivity index (χ3n) is 5.23. The summed E-state index contributed by atoms with van der Waals surface area (Å²) >= 11 is 12.2. The van der Waals surface area contributed by atoms with Crippen LogP contribution in [0.2, 0.25) is 10.0 Å². The van der Waals surface area contributed by atoms with Crippen LogP contribution in [-0.2, 0) is 7.05 Å². The summed E-state index contributed by atoms with van der Waals surface area (Å²) in [4.78, 5) is 32.7. The zero-order chi connectivity index (χ0) is 22.0. The van der Waals surface area contributed by atoms with Gasteiger partial charge in [0.05, 0.1) is 27.0 Å². The van der Waals surface area contributed by atoms with E-state index in [1.54, 1.807) is 36.2 Å². The second-order valence-corrected chi connectivity index (χ2v) is 8.65. The standard InChI is InChI=1S/C23H25Cl2N3O2/c1-14(2)11-12-28(22(29)16-9-10-18(24)19(25)13-16)15(3)21-26-20-8-6-5-7-17(20)23(30)27(21)4/h5-10,13-15H,11-12H2,1-4H3. The largest absolute Gasteiger partial charge is 0.329 e. The fourth-order valence-electron chi connectivity index (χ4n) is 3.41. The summed E-state index contributed by atoms with van der Waals surface area (Å²) in [5.41, 5.74) is 0.937. The number of rotatable bonds is 6. The van der Waals surface area contributed by atoms with E-state index < -0.39 is 6.04 Å². The Labute approximate surface area is 186 Å². The lowest BCUT2D eigenvalue weighted by Gasteiger charge is -2.31. The average Bonchev–Trinajstić information content (AvgIpc) is 2.72. The van der Waals surface area contributed by atoms with E-state index in [0.717, 1.165) is 6.42 Å². The SMILES string of the molecule is CC(C)CCN(C(=O)c1ccc(Cl)c(Cl)c1)C(C)c1nc2ccccc2c(=O)n1C. The lowest BCUT2D eigenvalue weighted by molar-refractivity contribution is 0.0670. The van der Waals surface area contributed by atoms with Crippen LogP contribution in [0.15, 0.2) is 47.3 Å². The maximum absolute atomic E-state index is 13.4. The molecule has 1 atom stereocenters. The first-order chi connectivity index (χ1) is 14.2. The molecule has 1 aromatic heterocycles. The van der Waals surface area contributed by atoms with Gasteiger partial charge in [0.15, 0.2) is 0 Å². The van der Waals surface area contributed by atoms with Crippen LogP contribution in [0.1, 0.15) is 49.4 Å². The Morgan fingerprint density at radius 1 is 1.10 bits per heavy atom. The van der Waals surface area contributed by atoms with Crippen molar-refractivity contribution >= 4 is 40.0 Å². The number of fused-ring (bicyclic) bond motifs is 1. The van der Waals surface area contributed by atoms with Crippen LogP contribution in [0.4, 0.5) is 0 Å². The zero-order valence-electron chi connectivity index (χ0n) is 17.5. The Bertz CT molecular complexity index is 1140. The molecular formula is C23H25Cl2N3O2. The molecule has 3 rings (SSSR count). The van der Waals surface area contributed by atoms with Crippen LogP contribution in [-0.4, -0.2) is 26.9 Å². The number of amides is 1. The molecule has 0 fully saturated rings. The molecule has 0 radical (unpaired) electrons. The Morgan fingerprint density at radius 3 is 2.47 bits per heavy atom. The van der Waals surface area contributed by atoms with E-state index in [4.69, 9.17) is 28.2 Å². The van der Waals surface area contributed by atoms with Crippen molar-refractivity contribution < 1.29 is 4.79 Å². The van der Waals surface area contributed by atoms with E-state index in [1.165, 1.54) is 4.57 Å². The van der Waals surface area contributed by atoms with Crippen LogP contribution in [0.5, 0.6) is 0 Å². The topological polar surface area (TPSA) is 55.2 Å². The van der Waals surface area contributed by atoms with Gasteiger partial charge in [0, 0.05) is 19.2 Å². The minimum atomic E-state index is -0.409. The molecule has 158 valence electrons. The first-order valence-corrected chi connectivity index (χ1v) is 10.7. The molecule has 1 amide bonds. The average molecular weight is 446 g/mol. The molecular weight excluding hydrogens is 421 g/mol. The van der Waals surface area contributed by atoms with Gasteiger partial charge in [-0.25, -0.2) is 4.98 Å². The summed E-state index contributed by atoms with van der Waals surface area (Å²) < 4.78 is 1.53. The summed E-state index contributed by atoms with van der Waals surface area (Å²) in [6.07, 6.45) is 0.818.